The summed E-state index contributed by atoms with van der Waals surface area (Å²) in [7, 11) is 1.57. The second-order valence-corrected chi connectivity index (χ2v) is 12.1. The third-order valence-corrected chi connectivity index (χ3v) is 11.0. The maximum atomic E-state index is 6.35. The predicted molar refractivity (Wildman–Crippen MR) is 97.3 cm³/mol. The van der Waals surface area contributed by atoms with Gasteiger partial charge in [0, 0.05) is 19.8 Å². The van der Waals surface area contributed by atoms with E-state index in [1.54, 1.807) is 0 Å². The molecule has 23 heavy (non-hydrogen) atoms. The molecule has 0 aromatic carbocycles. The quantitative estimate of drug-likeness (QED) is 0.701. The minimum absolute atomic E-state index is 0.675. The zero-order chi connectivity index (χ0) is 16.4. The Balaban J connectivity index is 1.86. The Morgan fingerprint density at radius 1 is 0.826 bits per heavy atom. The van der Waals surface area contributed by atoms with E-state index in [4.69, 9.17) is 8.85 Å². The van der Waals surface area contributed by atoms with Gasteiger partial charge in [0.1, 0.15) is 0 Å². The molecule has 3 nitrogen and oxygen atoms in total. The SMILES string of the molecule is CO[Si](OC)(C1CCCC2CCCCC21)N1CC(C)CC(C)C1. The highest BCUT2D eigenvalue weighted by molar-refractivity contribution is 6.66. The molecule has 4 heteroatoms. The molecule has 5 unspecified atom stereocenters. The fourth-order valence-corrected chi connectivity index (χ4v) is 10.6. The van der Waals surface area contributed by atoms with Crippen LogP contribution in [0.4, 0.5) is 0 Å². The molecule has 1 aliphatic heterocycles. The van der Waals surface area contributed by atoms with E-state index >= 15 is 0 Å². The first-order valence-corrected chi connectivity index (χ1v) is 11.8. The number of hydrogen-bond acceptors (Lipinski definition) is 3. The van der Waals surface area contributed by atoms with Crippen LogP contribution in [0.3, 0.4) is 0 Å². The summed E-state index contributed by atoms with van der Waals surface area (Å²) in [5.41, 5.74) is 0.675. The van der Waals surface area contributed by atoms with Gasteiger partial charge < -0.3 is 8.85 Å². The van der Waals surface area contributed by atoms with Crippen LogP contribution in [0.1, 0.15) is 65.2 Å². The van der Waals surface area contributed by atoms with E-state index in [-0.39, 0.29) is 0 Å². The van der Waals surface area contributed by atoms with Crippen molar-refractivity contribution in [2.45, 2.75) is 70.8 Å². The van der Waals surface area contributed by atoms with Crippen molar-refractivity contribution < 1.29 is 8.85 Å². The molecule has 2 aliphatic carbocycles. The van der Waals surface area contributed by atoms with Crippen LogP contribution in [0, 0.1) is 23.7 Å². The molecule has 3 rings (SSSR count). The van der Waals surface area contributed by atoms with Crippen molar-refractivity contribution in [1.29, 1.82) is 0 Å². The van der Waals surface area contributed by atoms with Crippen LogP contribution < -0.4 is 0 Å². The van der Waals surface area contributed by atoms with Gasteiger partial charge in [-0.15, -0.1) is 0 Å². The molecule has 0 N–H and O–H groups in total. The van der Waals surface area contributed by atoms with Gasteiger partial charge in [0.15, 0.2) is 0 Å². The number of hydrogen-bond donors (Lipinski definition) is 0. The van der Waals surface area contributed by atoms with Crippen molar-refractivity contribution in [3.05, 3.63) is 0 Å². The number of rotatable bonds is 4. The Labute approximate surface area is 144 Å². The van der Waals surface area contributed by atoms with Gasteiger partial charge in [0.05, 0.1) is 0 Å². The molecule has 0 aromatic heterocycles. The maximum Gasteiger partial charge on any atom is 0.430 e. The molecule has 0 amide bonds. The van der Waals surface area contributed by atoms with Gasteiger partial charge in [0.2, 0.25) is 0 Å². The minimum atomic E-state index is -2.30. The van der Waals surface area contributed by atoms with Gasteiger partial charge in [0.25, 0.3) is 0 Å². The highest BCUT2D eigenvalue weighted by Gasteiger charge is 2.56. The minimum Gasteiger partial charge on any atom is -0.386 e. The molecule has 1 heterocycles. The van der Waals surface area contributed by atoms with Gasteiger partial charge in [-0.05, 0) is 56.0 Å². The first kappa shape index (κ1) is 17.9. The molecule has 0 aromatic rings. The molecular weight excluding hydrogens is 302 g/mol. The summed E-state index contributed by atoms with van der Waals surface area (Å²) in [6.45, 7) is 7.15. The zero-order valence-electron chi connectivity index (χ0n) is 15.7. The molecule has 3 aliphatic rings. The van der Waals surface area contributed by atoms with Crippen molar-refractivity contribution in [1.82, 2.24) is 4.57 Å². The van der Waals surface area contributed by atoms with E-state index < -0.39 is 8.72 Å². The monoisotopic (exact) mass is 339 g/mol. The Morgan fingerprint density at radius 3 is 2.09 bits per heavy atom. The summed E-state index contributed by atoms with van der Waals surface area (Å²) >= 11 is 0. The molecule has 5 atom stereocenters. The van der Waals surface area contributed by atoms with Gasteiger partial charge in [-0.2, -0.15) is 0 Å². The first-order chi connectivity index (χ1) is 11.1. The first-order valence-electron chi connectivity index (χ1n) is 9.96. The van der Waals surface area contributed by atoms with E-state index in [1.165, 1.54) is 64.5 Å². The van der Waals surface area contributed by atoms with E-state index in [2.05, 4.69) is 18.4 Å². The molecule has 0 radical (unpaired) electrons. The largest absolute Gasteiger partial charge is 0.430 e. The lowest BCUT2D eigenvalue weighted by Crippen LogP contribution is -2.66. The van der Waals surface area contributed by atoms with Gasteiger partial charge in [-0.1, -0.05) is 46.0 Å². The van der Waals surface area contributed by atoms with Crippen molar-refractivity contribution in [3.63, 3.8) is 0 Å². The van der Waals surface area contributed by atoms with Gasteiger partial charge in [-0.25, -0.2) is 0 Å². The molecule has 1 saturated heterocycles. The molecule has 3 fully saturated rings. The average Bonchev–Trinajstić information content (AvgIpc) is 2.56. The summed E-state index contributed by atoms with van der Waals surface area (Å²) in [4.78, 5) is 0. The van der Waals surface area contributed by atoms with E-state index in [0.717, 1.165) is 23.7 Å². The lowest BCUT2D eigenvalue weighted by Gasteiger charge is -2.52. The third-order valence-electron chi connectivity index (χ3n) is 6.94. The van der Waals surface area contributed by atoms with Crippen molar-refractivity contribution in [3.8, 4) is 0 Å². The summed E-state index contributed by atoms with van der Waals surface area (Å²) in [6, 6.07) is 0. The standard InChI is InChI=1S/C19H37NO2Si/c1-15-12-16(2)14-20(13-15)23(21-3,22-4)19-11-7-9-17-8-5-6-10-18(17)19/h15-19H,5-14H2,1-4H3. The number of piperidine rings is 1. The summed E-state index contributed by atoms with van der Waals surface area (Å²) in [5, 5.41) is 0. The van der Waals surface area contributed by atoms with Crippen molar-refractivity contribution in [2.75, 3.05) is 27.3 Å². The lowest BCUT2D eigenvalue weighted by molar-refractivity contribution is 0.0695. The van der Waals surface area contributed by atoms with Crippen molar-refractivity contribution >= 4 is 8.72 Å². The normalized spacial score (nSPS) is 39.9. The third kappa shape index (κ3) is 3.42. The zero-order valence-corrected chi connectivity index (χ0v) is 16.7. The molecule has 2 saturated carbocycles. The Hall–Kier alpha value is 0.0969. The highest BCUT2D eigenvalue weighted by atomic mass is 28.4. The predicted octanol–water partition coefficient (Wildman–Crippen LogP) is 4.56. The fraction of sp³-hybridized carbons (Fsp3) is 1.00. The maximum absolute atomic E-state index is 6.35. The molecule has 0 bridgehead atoms. The van der Waals surface area contributed by atoms with Gasteiger partial charge in [-0.3, -0.25) is 4.57 Å². The number of fused-ring (bicyclic) bond motifs is 1. The van der Waals surface area contributed by atoms with Crippen LogP contribution in [-0.2, 0) is 8.85 Å². The van der Waals surface area contributed by atoms with E-state index in [1.807, 2.05) is 14.2 Å². The Morgan fingerprint density at radius 2 is 1.43 bits per heavy atom. The van der Waals surface area contributed by atoms with Crippen LogP contribution in [0.15, 0.2) is 0 Å². The van der Waals surface area contributed by atoms with E-state index in [0.29, 0.717) is 5.54 Å². The summed E-state index contributed by atoms with van der Waals surface area (Å²) < 4.78 is 15.4. The topological polar surface area (TPSA) is 21.7 Å². The van der Waals surface area contributed by atoms with Crippen LogP contribution in [0.5, 0.6) is 0 Å². The smallest absolute Gasteiger partial charge is 0.386 e. The highest BCUT2D eigenvalue weighted by Crippen LogP contribution is 2.52. The summed E-state index contributed by atoms with van der Waals surface area (Å²) in [6.07, 6.45) is 11.2. The Kier molecular flexibility index (Phi) is 5.88. The van der Waals surface area contributed by atoms with Crippen LogP contribution >= 0.6 is 0 Å². The van der Waals surface area contributed by atoms with Crippen LogP contribution in [-0.4, -0.2) is 40.6 Å². The summed E-state index contributed by atoms with van der Waals surface area (Å²) in [5.74, 6) is 3.33. The average molecular weight is 340 g/mol. The second kappa shape index (κ2) is 7.55. The lowest BCUT2D eigenvalue weighted by atomic mass is 9.70. The van der Waals surface area contributed by atoms with Crippen LogP contribution in [0.2, 0.25) is 5.54 Å². The number of nitrogens with zero attached hydrogens (tertiary/aromatic N) is 1. The molecule has 0 spiro atoms. The van der Waals surface area contributed by atoms with Crippen molar-refractivity contribution in [2.24, 2.45) is 23.7 Å². The molecular formula is C19H37NO2Si. The van der Waals surface area contributed by atoms with Crippen LogP contribution in [0.25, 0.3) is 0 Å². The van der Waals surface area contributed by atoms with E-state index in [9.17, 15) is 0 Å². The Bertz CT molecular complexity index is 376. The molecule has 134 valence electrons. The fourth-order valence-electron chi connectivity index (χ4n) is 6.19. The van der Waals surface area contributed by atoms with Gasteiger partial charge >= 0.3 is 8.72 Å². The second-order valence-electron chi connectivity index (χ2n) is 8.64.